The van der Waals surface area contributed by atoms with Crippen LogP contribution in [0.5, 0.6) is 0 Å². The third kappa shape index (κ3) is 7.15. The van der Waals surface area contributed by atoms with Gasteiger partial charge in [0.05, 0.1) is 0 Å². The molecule has 29 heavy (non-hydrogen) atoms. The molecule has 1 aromatic rings. The van der Waals surface area contributed by atoms with Crippen molar-refractivity contribution in [3.8, 4) is 0 Å². The van der Waals surface area contributed by atoms with Crippen molar-refractivity contribution in [1.82, 2.24) is 0 Å². The van der Waals surface area contributed by atoms with E-state index < -0.39 is 0 Å². The Morgan fingerprint density at radius 1 is 0.759 bits per heavy atom. The van der Waals surface area contributed by atoms with E-state index in [1.807, 2.05) is 0 Å². The lowest BCUT2D eigenvalue weighted by atomic mass is 9.70. The summed E-state index contributed by atoms with van der Waals surface area (Å²) in [6, 6.07) is 9.62. The van der Waals surface area contributed by atoms with Crippen LogP contribution in [0.1, 0.15) is 128 Å². The highest BCUT2D eigenvalue weighted by molar-refractivity contribution is 5.25. The van der Waals surface area contributed by atoms with E-state index in [-0.39, 0.29) is 0 Å². The Kier molecular flexibility index (Phi) is 9.60. The summed E-state index contributed by atoms with van der Waals surface area (Å²) in [4.78, 5) is 0. The molecule has 0 amide bonds. The summed E-state index contributed by atoms with van der Waals surface area (Å²) in [5.74, 6) is 4.88. The SMILES string of the molecule is CCCCCC1CCC(C(C)CC2CCC(c3ccc(CCC)cc3)CC2)CC1. The van der Waals surface area contributed by atoms with E-state index in [0.717, 1.165) is 29.6 Å². The second-order valence-corrected chi connectivity index (χ2v) is 10.7. The van der Waals surface area contributed by atoms with Crippen LogP contribution < -0.4 is 0 Å². The highest BCUT2D eigenvalue weighted by atomic mass is 14.3. The van der Waals surface area contributed by atoms with E-state index in [1.54, 1.807) is 5.56 Å². The van der Waals surface area contributed by atoms with Gasteiger partial charge in [-0.2, -0.15) is 0 Å². The van der Waals surface area contributed by atoms with Crippen LogP contribution in [0, 0.1) is 23.7 Å². The third-order valence-electron chi connectivity index (χ3n) is 8.45. The van der Waals surface area contributed by atoms with Crippen molar-refractivity contribution < 1.29 is 0 Å². The minimum absolute atomic E-state index is 0.829. The third-order valence-corrected chi connectivity index (χ3v) is 8.45. The average Bonchev–Trinajstić information content (AvgIpc) is 2.76. The molecule has 0 saturated heterocycles. The number of hydrogen-bond acceptors (Lipinski definition) is 0. The molecule has 0 nitrogen and oxygen atoms in total. The van der Waals surface area contributed by atoms with Crippen LogP contribution in [0.25, 0.3) is 0 Å². The van der Waals surface area contributed by atoms with E-state index in [9.17, 15) is 0 Å². The molecule has 0 bridgehead atoms. The van der Waals surface area contributed by atoms with Gasteiger partial charge in [-0.25, -0.2) is 0 Å². The summed E-state index contributed by atoms with van der Waals surface area (Å²) in [5, 5.41) is 0. The Labute approximate surface area is 182 Å². The first kappa shape index (κ1) is 22.9. The molecule has 2 aliphatic rings. The zero-order valence-corrected chi connectivity index (χ0v) is 19.8. The molecular formula is C29H48. The molecule has 0 heteroatoms. The molecule has 0 spiro atoms. The molecule has 0 heterocycles. The highest BCUT2D eigenvalue weighted by Gasteiger charge is 2.29. The van der Waals surface area contributed by atoms with Crippen molar-refractivity contribution in [2.75, 3.05) is 0 Å². The zero-order chi connectivity index (χ0) is 20.5. The van der Waals surface area contributed by atoms with Gasteiger partial charge in [0, 0.05) is 0 Å². The summed E-state index contributed by atoms with van der Waals surface area (Å²) in [7, 11) is 0. The molecule has 0 radical (unpaired) electrons. The van der Waals surface area contributed by atoms with Crippen molar-refractivity contribution in [1.29, 1.82) is 0 Å². The fourth-order valence-corrected chi connectivity index (χ4v) is 6.42. The van der Waals surface area contributed by atoms with Crippen molar-refractivity contribution in [3.05, 3.63) is 35.4 Å². The van der Waals surface area contributed by atoms with E-state index in [2.05, 4.69) is 45.0 Å². The van der Waals surface area contributed by atoms with Gasteiger partial charge in [0.2, 0.25) is 0 Å². The summed E-state index contributed by atoms with van der Waals surface area (Å²) >= 11 is 0. The standard InChI is InChI=1S/C29H48/c1-4-6-7-9-25-10-16-27(17-11-25)23(3)22-26-14-20-29(21-15-26)28-18-12-24(8-5-2)13-19-28/h12-13,18-19,23,25-27,29H,4-11,14-17,20-22H2,1-3H3. The number of hydrogen-bond donors (Lipinski definition) is 0. The quantitative estimate of drug-likeness (QED) is 0.345. The maximum absolute atomic E-state index is 2.58. The van der Waals surface area contributed by atoms with Crippen LogP contribution >= 0.6 is 0 Å². The van der Waals surface area contributed by atoms with Crippen LogP contribution in [0.2, 0.25) is 0 Å². The van der Waals surface area contributed by atoms with E-state index in [0.29, 0.717) is 0 Å². The number of unbranched alkanes of at least 4 members (excludes halogenated alkanes) is 2. The minimum atomic E-state index is 0.829. The van der Waals surface area contributed by atoms with E-state index in [4.69, 9.17) is 0 Å². The number of aryl methyl sites for hydroxylation is 1. The van der Waals surface area contributed by atoms with Gasteiger partial charge in [0.25, 0.3) is 0 Å². The molecule has 0 N–H and O–H groups in total. The predicted octanol–water partition coefficient (Wildman–Crippen LogP) is 9.33. The van der Waals surface area contributed by atoms with Crippen molar-refractivity contribution in [2.45, 2.75) is 123 Å². The first-order valence-electron chi connectivity index (χ1n) is 13.3. The molecule has 2 fully saturated rings. The van der Waals surface area contributed by atoms with E-state index in [1.165, 1.54) is 102 Å². The van der Waals surface area contributed by atoms with Crippen LogP contribution in [0.15, 0.2) is 24.3 Å². The summed E-state index contributed by atoms with van der Waals surface area (Å²) in [5.41, 5.74) is 3.12. The second kappa shape index (κ2) is 12.2. The molecule has 2 aliphatic carbocycles. The summed E-state index contributed by atoms with van der Waals surface area (Å²) in [6.45, 7) is 7.19. The average molecular weight is 397 g/mol. The van der Waals surface area contributed by atoms with Crippen molar-refractivity contribution in [3.63, 3.8) is 0 Å². The van der Waals surface area contributed by atoms with Gasteiger partial charge in [-0.05, 0) is 92.1 Å². The fraction of sp³-hybridized carbons (Fsp3) is 0.793. The maximum atomic E-state index is 2.58. The Morgan fingerprint density at radius 3 is 2.03 bits per heavy atom. The van der Waals surface area contributed by atoms with Crippen LogP contribution in [-0.4, -0.2) is 0 Å². The maximum Gasteiger partial charge on any atom is -0.0162 e. The first-order valence-corrected chi connectivity index (χ1v) is 13.3. The van der Waals surface area contributed by atoms with Gasteiger partial charge in [0.15, 0.2) is 0 Å². The van der Waals surface area contributed by atoms with Crippen molar-refractivity contribution in [2.24, 2.45) is 23.7 Å². The van der Waals surface area contributed by atoms with Crippen LogP contribution in [0.4, 0.5) is 0 Å². The zero-order valence-electron chi connectivity index (χ0n) is 19.8. The van der Waals surface area contributed by atoms with Crippen LogP contribution in [0.3, 0.4) is 0 Å². The minimum Gasteiger partial charge on any atom is -0.0654 e. The molecule has 3 rings (SSSR count). The largest absolute Gasteiger partial charge is 0.0654 e. The lowest BCUT2D eigenvalue weighted by molar-refractivity contribution is 0.169. The van der Waals surface area contributed by atoms with Gasteiger partial charge >= 0.3 is 0 Å². The number of benzene rings is 1. The summed E-state index contributed by atoms with van der Waals surface area (Å²) in [6.07, 6.45) is 21.7. The van der Waals surface area contributed by atoms with Gasteiger partial charge in [-0.3, -0.25) is 0 Å². The molecule has 2 saturated carbocycles. The van der Waals surface area contributed by atoms with Crippen molar-refractivity contribution >= 4 is 0 Å². The molecular weight excluding hydrogens is 348 g/mol. The van der Waals surface area contributed by atoms with Gasteiger partial charge in [-0.15, -0.1) is 0 Å². The lowest BCUT2D eigenvalue weighted by Gasteiger charge is -2.36. The van der Waals surface area contributed by atoms with Gasteiger partial charge in [0.1, 0.15) is 0 Å². The highest BCUT2D eigenvalue weighted by Crippen LogP contribution is 2.42. The lowest BCUT2D eigenvalue weighted by Crippen LogP contribution is -2.23. The van der Waals surface area contributed by atoms with Gasteiger partial charge < -0.3 is 0 Å². The fourth-order valence-electron chi connectivity index (χ4n) is 6.42. The second-order valence-electron chi connectivity index (χ2n) is 10.7. The Morgan fingerprint density at radius 2 is 1.41 bits per heavy atom. The molecule has 1 atom stereocenters. The van der Waals surface area contributed by atoms with E-state index >= 15 is 0 Å². The molecule has 164 valence electrons. The molecule has 1 aromatic carbocycles. The first-order chi connectivity index (χ1) is 14.2. The number of rotatable bonds is 10. The van der Waals surface area contributed by atoms with Crippen LogP contribution in [-0.2, 0) is 6.42 Å². The Bertz CT molecular complexity index is 540. The Hall–Kier alpha value is -0.780. The predicted molar refractivity (Wildman–Crippen MR) is 129 cm³/mol. The Balaban J connectivity index is 1.36. The topological polar surface area (TPSA) is 0 Å². The molecule has 0 aromatic heterocycles. The molecule has 0 aliphatic heterocycles. The summed E-state index contributed by atoms with van der Waals surface area (Å²) < 4.78 is 0. The smallest absolute Gasteiger partial charge is 0.0162 e. The normalized spacial score (nSPS) is 28.9. The molecule has 1 unspecified atom stereocenters. The van der Waals surface area contributed by atoms with Gasteiger partial charge in [-0.1, -0.05) is 90.0 Å². The monoisotopic (exact) mass is 396 g/mol.